The fraction of sp³-hybridized carbons (Fsp3) is 0.588. The molecule has 2 rings (SSSR count). The largest absolute Gasteiger partial charge is 0.318 e. The van der Waals surface area contributed by atoms with Gasteiger partial charge in [-0.1, -0.05) is 44.2 Å². The minimum Gasteiger partial charge on any atom is -0.318 e. The van der Waals surface area contributed by atoms with Gasteiger partial charge < -0.3 is 4.90 Å². The maximum Gasteiger partial charge on any atom is 0.241 e. The van der Waals surface area contributed by atoms with Gasteiger partial charge in [0.05, 0.1) is 6.04 Å². The average molecular weight is 306 g/mol. The van der Waals surface area contributed by atoms with Gasteiger partial charge in [-0.05, 0) is 31.1 Å². The highest BCUT2D eigenvalue weighted by Gasteiger charge is 2.41. The van der Waals surface area contributed by atoms with Crippen LogP contribution in [0.3, 0.4) is 0 Å². The first kappa shape index (κ1) is 16.4. The van der Waals surface area contributed by atoms with Crippen LogP contribution in [-0.4, -0.2) is 34.9 Å². The Hall–Kier alpha value is -1.00. The quantitative estimate of drug-likeness (QED) is 0.875. The summed E-state index contributed by atoms with van der Waals surface area (Å²) in [7, 11) is 0. The molecule has 4 heteroatoms. The molecule has 1 aromatic carbocycles. The van der Waals surface area contributed by atoms with Crippen molar-refractivity contribution in [3.05, 3.63) is 35.9 Å². The smallest absolute Gasteiger partial charge is 0.241 e. The van der Waals surface area contributed by atoms with Crippen LogP contribution >= 0.6 is 11.8 Å². The van der Waals surface area contributed by atoms with Crippen LogP contribution in [0.15, 0.2) is 30.3 Å². The highest BCUT2D eigenvalue weighted by molar-refractivity contribution is 7.98. The summed E-state index contributed by atoms with van der Waals surface area (Å²) in [5.41, 5.74) is 1.17. The maximum atomic E-state index is 12.8. The van der Waals surface area contributed by atoms with Gasteiger partial charge in [0, 0.05) is 11.8 Å². The van der Waals surface area contributed by atoms with Gasteiger partial charge in [-0.3, -0.25) is 10.1 Å². The number of hydrogen-bond acceptors (Lipinski definition) is 3. The number of nitrogens with zero attached hydrogens (tertiary/aromatic N) is 1. The van der Waals surface area contributed by atoms with Crippen molar-refractivity contribution in [2.24, 2.45) is 5.92 Å². The van der Waals surface area contributed by atoms with Gasteiger partial charge in [-0.2, -0.15) is 11.8 Å². The summed E-state index contributed by atoms with van der Waals surface area (Å²) >= 11 is 1.79. The highest BCUT2D eigenvalue weighted by atomic mass is 32.2. The summed E-state index contributed by atoms with van der Waals surface area (Å²) in [6.07, 6.45) is 2.99. The zero-order chi connectivity index (χ0) is 15.4. The SMILES string of the molecule is CSCC(C)N1C(=O)C(CC(C)C)NC1c1ccccc1. The Morgan fingerprint density at radius 2 is 1.90 bits per heavy atom. The minimum atomic E-state index is -0.0560. The van der Waals surface area contributed by atoms with E-state index < -0.39 is 0 Å². The molecule has 0 aliphatic carbocycles. The number of amides is 1. The van der Waals surface area contributed by atoms with Crippen molar-refractivity contribution in [3.8, 4) is 0 Å². The molecule has 1 aliphatic rings. The normalized spacial score (nSPS) is 23.9. The predicted molar refractivity (Wildman–Crippen MR) is 90.3 cm³/mol. The number of thioether (sulfide) groups is 1. The number of carbonyl (C=O) groups is 1. The van der Waals surface area contributed by atoms with E-state index >= 15 is 0 Å². The standard InChI is InChI=1S/C17H26N2OS/c1-12(2)10-15-17(20)19(13(3)11-21-4)16(18-15)14-8-6-5-7-9-14/h5-9,12-13,15-16,18H,10-11H2,1-4H3. The Balaban J connectivity index is 2.25. The van der Waals surface area contributed by atoms with Gasteiger partial charge in [0.25, 0.3) is 0 Å². The van der Waals surface area contributed by atoms with E-state index in [0.29, 0.717) is 5.92 Å². The first-order chi connectivity index (χ1) is 10.0. The molecule has 116 valence electrons. The molecule has 3 atom stereocenters. The lowest BCUT2D eigenvalue weighted by Gasteiger charge is -2.30. The second-order valence-corrected chi connectivity index (χ2v) is 7.12. The molecule has 0 bridgehead atoms. The predicted octanol–water partition coefficient (Wildman–Crippen LogP) is 3.28. The average Bonchev–Trinajstić information content (AvgIpc) is 2.77. The van der Waals surface area contributed by atoms with E-state index in [0.717, 1.165) is 12.2 Å². The second kappa shape index (κ2) is 7.32. The Kier molecular flexibility index (Phi) is 5.71. The van der Waals surface area contributed by atoms with Crippen LogP contribution in [0.4, 0.5) is 0 Å². The number of nitrogens with one attached hydrogen (secondary N) is 1. The van der Waals surface area contributed by atoms with Crippen molar-refractivity contribution in [3.63, 3.8) is 0 Å². The monoisotopic (exact) mass is 306 g/mol. The van der Waals surface area contributed by atoms with Gasteiger partial charge in [-0.15, -0.1) is 0 Å². The van der Waals surface area contributed by atoms with Crippen molar-refractivity contribution in [2.75, 3.05) is 12.0 Å². The van der Waals surface area contributed by atoms with Crippen molar-refractivity contribution < 1.29 is 4.79 Å². The molecule has 1 N–H and O–H groups in total. The molecule has 1 aliphatic heterocycles. The summed E-state index contributed by atoms with van der Waals surface area (Å²) in [6, 6.07) is 10.5. The van der Waals surface area contributed by atoms with Gasteiger partial charge in [0.2, 0.25) is 5.91 Å². The topological polar surface area (TPSA) is 32.3 Å². The van der Waals surface area contributed by atoms with E-state index in [2.05, 4.69) is 44.5 Å². The van der Waals surface area contributed by atoms with Crippen LogP contribution in [0, 0.1) is 5.92 Å². The first-order valence-corrected chi connectivity index (χ1v) is 9.06. The molecule has 3 unspecified atom stereocenters. The van der Waals surface area contributed by atoms with Gasteiger partial charge in [-0.25, -0.2) is 0 Å². The molecule has 0 saturated carbocycles. The van der Waals surface area contributed by atoms with E-state index in [-0.39, 0.29) is 24.2 Å². The van der Waals surface area contributed by atoms with Crippen molar-refractivity contribution in [2.45, 2.75) is 45.4 Å². The molecule has 1 aromatic rings. The molecular weight excluding hydrogens is 280 g/mol. The van der Waals surface area contributed by atoms with Gasteiger partial charge in [0.1, 0.15) is 6.17 Å². The van der Waals surface area contributed by atoms with E-state index in [1.54, 1.807) is 11.8 Å². The first-order valence-electron chi connectivity index (χ1n) is 7.66. The number of hydrogen-bond donors (Lipinski definition) is 1. The molecule has 1 amide bonds. The molecule has 21 heavy (non-hydrogen) atoms. The van der Waals surface area contributed by atoms with Crippen LogP contribution in [0.5, 0.6) is 0 Å². The molecule has 0 radical (unpaired) electrons. The fourth-order valence-corrected chi connectivity index (χ4v) is 3.62. The van der Waals surface area contributed by atoms with Crippen LogP contribution in [-0.2, 0) is 4.79 Å². The lowest BCUT2D eigenvalue weighted by molar-refractivity contribution is -0.131. The number of carbonyl (C=O) groups excluding carboxylic acids is 1. The van der Waals surface area contributed by atoms with Gasteiger partial charge >= 0.3 is 0 Å². The third kappa shape index (κ3) is 3.80. The zero-order valence-electron chi connectivity index (χ0n) is 13.4. The lowest BCUT2D eigenvalue weighted by atomic mass is 10.0. The van der Waals surface area contributed by atoms with Crippen LogP contribution in [0.2, 0.25) is 0 Å². The minimum absolute atomic E-state index is 0.00426. The maximum absolute atomic E-state index is 12.8. The van der Waals surface area contributed by atoms with E-state index in [1.165, 1.54) is 5.56 Å². The third-order valence-electron chi connectivity index (χ3n) is 3.89. The fourth-order valence-electron chi connectivity index (χ4n) is 2.97. The lowest BCUT2D eigenvalue weighted by Crippen LogP contribution is -2.40. The van der Waals surface area contributed by atoms with Crippen LogP contribution in [0.1, 0.15) is 38.9 Å². The Morgan fingerprint density at radius 1 is 1.24 bits per heavy atom. The second-order valence-electron chi connectivity index (χ2n) is 6.21. The van der Waals surface area contributed by atoms with Crippen molar-refractivity contribution >= 4 is 17.7 Å². The van der Waals surface area contributed by atoms with E-state index in [9.17, 15) is 4.79 Å². The highest BCUT2D eigenvalue weighted by Crippen LogP contribution is 2.30. The molecule has 1 saturated heterocycles. The summed E-state index contributed by atoms with van der Waals surface area (Å²) in [5, 5.41) is 3.54. The molecule has 3 nitrogen and oxygen atoms in total. The summed E-state index contributed by atoms with van der Waals surface area (Å²) < 4.78 is 0. The summed E-state index contributed by atoms with van der Waals surface area (Å²) in [6.45, 7) is 6.48. The van der Waals surface area contributed by atoms with Crippen molar-refractivity contribution in [1.82, 2.24) is 10.2 Å². The van der Waals surface area contributed by atoms with Crippen LogP contribution < -0.4 is 5.32 Å². The van der Waals surface area contributed by atoms with Crippen LogP contribution in [0.25, 0.3) is 0 Å². The number of rotatable bonds is 6. The van der Waals surface area contributed by atoms with Crippen molar-refractivity contribution in [1.29, 1.82) is 0 Å². The molecule has 0 spiro atoms. The Morgan fingerprint density at radius 3 is 2.48 bits per heavy atom. The number of benzene rings is 1. The molecular formula is C17H26N2OS. The summed E-state index contributed by atoms with van der Waals surface area (Å²) in [5.74, 6) is 1.73. The summed E-state index contributed by atoms with van der Waals surface area (Å²) in [4.78, 5) is 14.8. The van der Waals surface area contributed by atoms with Gasteiger partial charge in [0.15, 0.2) is 0 Å². The van der Waals surface area contributed by atoms with E-state index in [1.807, 2.05) is 23.1 Å². The van der Waals surface area contributed by atoms with E-state index in [4.69, 9.17) is 0 Å². The third-order valence-corrected chi connectivity index (χ3v) is 4.71. The Bertz CT molecular complexity index is 463. The molecule has 1 fully saturated rings. The molecule has 0 aromatic heterocycles. The zero-order valence-corrected chi connectivity index (χ0v) is 14.2. The molecule has 1 heterocycles. The Labute approximate surface area is 132 Å².